The van der Waals surface area contributed by atoms with E-state index in [1.165, 1.54) is 0 Å². The second kappa shape index (κ2) is 2.96. The molecule has 2 rings (SSSR count). The van der Waals surface area contributed by atoms with Crippen LogP contribution >= 0.6 is 15.9 Å². The lowest BCUT2D eigenvalue weighted by Crippen LogP contribution is -2.04. The molecule has 0 radical (unpaired) electrons. The van der Waals surface area contributed by atoms with Gasteiger partial charge in [0, 0.05) is 11.9 Å². The fourth-order valence-corrected chi connectivity index (χ4v) is 1.50. The Hall–Kier alpha value is -1.16. The monoisotopic (exact) mass is 238 g/mol. The third kappa shape index (κ3) is 1.37. The molecule has 4 heteroatoms. The number of halogens is 1. The van der Waals surface area contributed by atoms with Gasteiger partial charge >= 0.3 is 0 Å². The van der Waals surface area contributed by atoms with Gasteiger partial charge in [0.05, 0.1) is 9.86 Å². The van der Waals surface area contributed by atoms with Crippen molar-refractivity contribution in [2.75, 3.05) is 0 Å². The molecule has 0 atom stereocenters. The van der Waals surface area contributed by atoms with Crippen molar-refractivity contribution < 1.29 is 0 Å². The van der Waals surface area contributed by atoms with E-state index in [9.17, 15) is 4.79 Å². The number of rotatable bonds is 0. The van der Waals surface area contributed by atoms with Gasteiger partial charge in [-0.15, -0.1) is 0 Å². The van der Waals surface area contributed by atoms with E-state index in [1.807, 2.05) is 13.0 Å². The number of aryl methyl sites for hydroxylation is 1. The molecule has 13 heavy (non-hydrogen) atoms. The third-order valence-corrected chi connectivity index (χ3v) is 2.42. The number of H-pyrrole nitrogens is 1. The number of aromatic nitrogens is 2. The lowest BCUT2D eigenvalue weighted by molar-refractivity contribution is 1.19. The fourth-order valence-electron chi connectivity index (χ4n) is 1.18. The molecule has 0 aliphatic rings. The largest absolute Gasteiger partial charge is 0.345 e. The first-order valence-electron chi connectivity index (χ1n) is 3.83. The van der Waals surface area contributed by atoms with Gasteiger partial charge in [-0.3, -0.25) is 4.79 Å². The number of hydrogen-bond acceptors (Lipinski definition) is 2. The molecule has 0 aliphatic heterocycles. The van der Waals surface area contributed by atoms with Crippen LogP contribution < -0.4 is 5.43 Å². The number of pyridine rings is 2. The van der Waals surface area contributed by atoms with Crippen LogP contribution in [-0.2, 0) is 0 Å². The van der Waals surface area contributed by atoms with Crippen LogP contribution in [0.25, 0.3) is 11.0 Å². The van der Waals surface area contributed by atoms with Crippen molar-refractivity contribution in [1.29, 1.82) is 0 Å². The van der Waals surface area contributed by atoms with E-state index in [4.69, 9.17) is 0 Å². The highest BCUT2D eigenvalue weighted by Gasteiger charge is 2.02. The van der Waals surface area contributed by atoms with Gasteiger partial charge in [0.2, 0.25) is 5.43 Å². The molecule has 0 saturated heterocycles. The first-order chi connectivity index (χ1) is 6.18. The Morgan fingerprint density at radius 1 is 1.46 bits per heavy atom. The third-order valence-electron chi connectivity index (χ3n) is 1.83. The van der Waals surface area contributed by atoms with Crippen LogP contribution in [0.2, 0.25) is 0 Å². The van der Waals surface area contributed by atoms with Gasteiger partial charge in [-0.05, 0) is 35.0 Å². The minimum atomic E-state index is -0.0266. The van der Waals surface area contributed by atoms with E-state index >= 15 is 0 Å². The Morgan fingerprint density at radius 2 is 2.23 bits per heavy atom. The van der Waals surface area contributed by atoms with Crippen LogP contribution in [0, 0.1) is 6.92 Å². The zero-order valence-electron chi connectivity index (χ0n) is 6.97. The molecule has 0 fully saturated rings. The van der Waals surface area contributed by atoms with E-state index in [2.05, 4.69) is 25.9 Å². The van der Waals surface area contributed by atoms with Crippen LogP contribution in [0.15, 0.2) is 27.6 Å². The fraction of sp³-hybridized carbons (Fsp3) is 0.111. The second-order valence-corrected chi connectivity index (χ2v) is 3.67. The SMILES string of the molecule is Cc1ccc2c(=O)c(Br)c[nH]c2n1. The summed E-state index contributed by atoms with van der Waals surface area (Å²) in [5, 5.41) is 0.611. The first-order valence-corrected chi connectivity index (χ1v) is 4.62. The Labute approximate surface area is 82.9 Å². The first kappa shape index (κ1) is 8.44. The topological polar surface area (TPSA) is 45.8 Å². The van der Waals surface area contributed by atoms with Gasteiger partial charge in [0.25, 0.3) is 0 Å². The molecule has 2 aromatic rings. The highest BCUT2D eigenvalue weighted by atomic mass is 79.9. The average Bonchev–Trinajstić information content (AvgIpc) is 2.12. The molecule has 0 bridgehead atoms. The van der Waals surface area contributed by atoms with Crippen LogP contribution in [0.3, 0.4) is 0 Å². The summed E-state index contributed by atoms with van der Waals surface area (Å²) in [5.74, 6) is 0. The number of aromatic amines is 1. The van der Waals surface area contributed by atoms with Gasteiger partial charge in [0.1, 0.15) is 5.65 Å². The van der Waals surface area contributed by atoms with Crippen LogP contribution in [-0.4, -0.2) is 9.97 Å². The molecule has 0 aliphatic carbocycles. The molecule has 66 valence electrons. The minimum Gasteiger partial charge on any atom is -0.345 e. The maximum atomic E-state index is 11.5. The molecule has 0 amide bonds. The number of nitrogens with one attached hydrogen (secondary N) is 1. The van der Waals surface area contributed by atoms with Crippen molar-refractivity contribution in [3.63, 3.8) is 0 Å². The lowest BCUT2D eigenvalue weighted by atomic mass is 10.2. The number of fused-ring (bicyclic) bond motifs is 1. The van der Waals surface area contributed by atoms with E-state index in [0.717, 1.165) is 5.69 Å². The summed E-state index contributed by atoms with van der Waals surface area (Å²) in [5.41, 5.74) is 1.50. The van der Waals surface area contributed by atoms with Crippen LogP contribution in [0.5, 0.6) is 0 Å². The summed E-state index contributed by atoms with van der Waals surface area (Å²) in [6, 6.07) is 3.60. The molecule has 0 spiro atoms. The summed E-state index contributed by atoms with van der Waals surface area (Å²) in [6.45, 7) is 1.89. The van der Waals surface area contributed by atoms with Gasteiger partial charge < -0.3 is 4.98 Å². The average molecular weight is 239 g/mol. The Kier molecular flexibility index (Phi) is 1.92. The Bertz CT molecular complexity index is 518. The van der Waals surface area contributed by atoms with Crippen LogP contribution in [0.4, 0.5) is 0 Å². The second-order valence-electron chi connectivity index (χ2n) is 2.81. The predicted molar refractivity (Wildman–Crippen MR) is 54.8 cm³/mol. The molecular weight excluding hydrogens is 232 g/mol. The van der Waals surface area contributed by atoms with Crippen molar-refractivity contribution in [2.24, 2.45) is 0 Å². The van der Waals surface area contributed by atoms with E-state index in [0.29, 0.717) is 15.5 Å². The molecular formula is C9H7BrN2O. The standard InChI is InChI=1S/C9H7BrN2O/c1-5-2-3-6-8(13)7(10)4-11-9(6)12-5/h2-4H,1H3,(H,11,12,13). The smallest absolute Gasteiger partial charge is 0.205 e. The molecule has 0 aromatic carbocycles. The maximum Gasteiger partial charge on any atom is 0.205 e. The predicted octanol–water partition coefficient (Wildman–Crippen LogP) is 1.99. The highest BCUT2D eigenvalue weighted by Crippen LogP contribution is 2.09. The van der Waals surface area contributed by atoms with Crippen molar-refractivity contribution in [2.45, 2.75) is 6.92 Å². The lowest BCUT2D eigenvalue weighted by Gasteiger charge is -1.98. The van der Waals surface area contributed by atoms with Crippen molar-refractivity contribution in [1.82, 2.24) is 9.97 Å². The molecule has 3 nitrogen and oxygen atoms in total. The quantitative estimate of drug-likeness (QED) is 0.764. The van der Waals surface area contributed by atoms with Crippen molar-refractivity contribution in [3.8, 4) is 0 Å². The van der Waals surface area contributed by atoms with Gasteiger partial charge in [-0.25, -0.2) is 4.98 Å². The highest BCUT2D eigenvalue weighted by molar-refractivity contribution is 9.10. The molecule has 2 aromatic heterocycles. The van der Waals surface area contributed by atoms with Gasteiger partial charge in [0.15, 0.2) is 0 Å². The van der Waals surface area contributed by atoms with Gasteiger partial charge in [-0.2, -0.15) is 0 Å². The summed E-state index contributed by atoms with van der Waals surface area (Å²) in [4.78, 5) is 18.7. The normalized spacial score (nSPS) is 10.6. The van der Waals surface area contributed by atoms with E-state index < -0.39 is 0 Å². The van der Waals surface area contributed by atoms with E-state index in [1.54, 1.807) is 12.3 Å². The maximum absolute atomic E-state index is 11.5. The molecule has 1 N–H and O–H groups in total. The van der Waals surface area contributed by atoms with Crippen LogP contribution in [0.1, 0.15) is 5.69 Å². The van der Waals surface area contributed by atoms with E-state index in [-0.39, 0.29) is 5.43 Å². The zero-order chi connectivity index (χ0) is 9.42. The summed E-state index contributed by atoms with van der Waals surface area (Å²) >= 11 is 3.16. The summed E-state index contributed by atoms with van der Waals surface area (Å²) in [7, 11) is 0. The number of hydrogen-bond donors (Lipinski definition) is 1. The Balaban J connectivity index is 2.95. The molecule has 2 heterocycles. The summed E-state index contributed by atoms with van der Waals surface area (Å²) in [6.07, 6.45) is 1.61. The zero-order valence-corrected chi connectivity index (χ0v) is 8.55. The molecule has 0 saturated carbocycles. The minimum absolute atomic E-state index is 0.0266. The number of nitrogens with zero attached hydrogens (tertiary/aromatic N) is 1. The van der Waals surface area contributed by atoms with Crippen molar-refractivity contribution >= 4 is 27.0 Å². The Morgan fingerprint density at radius 3 is 3.00 bits per heavy atom. The molecule has 0 unspecified atom stereocenters. The summed E-state index contributed by atoms with van der Waals surface area (Å²) < 4.78 is 0.533. The van der Waals surface area contributed by atoms with Crippen molar-refractivity contribution in [3.05, 3.63) is 38.7 Å². The van der Waals surface area contributed by atoms with Gasteiger partial charge in [-0.1, -0.05) is 0 Å².